The maximum Gasteiger partial charge on any atom is 0.345 e. The summed E-state index contributed by atoms with van der Waals surface area (Å²) in [5.41, 5.74) is 0. The van der Waals surface area contributed by atoms with Gasteiger partial charge in [-0.1, -0.05) is 67.2 Å². The Bertz CT molecular complexity index is 399. The molecule has 0 aliphatic rings. The first-order valence-electron chi connectivity index (χ1n) is 12.1. The molecule has 0 bridgehead atoms. The van der Waals surface area contributed by atoms with E-state index < -0.39 is 0 Å². The van der Waals surface area contributed by atoms with E-state index in [4.69, 9.17) is 19.6 Å². The Kier molecular flexibility index (Phi) is 17.9. The van der Waals surface area contributed by atoms with Crippen molar-refractivity contribution in [2.75, 3.05) is 13.2 Å². The highest BCUT2D eigenvalue weighted by molar-refractivity contribution is 5.72. The van der Waals surface area contributed by atoms with E-state index in [0.717, 1.165) is 64.2 Å². The first-order valence-corrected chi connectivity index (χ1v) is 12.1. The zero-order chi connectivity index (χ0) is 22.8. The van der Waals surface area contributed by atoms with Crippen molar-refractivity contribution in [1.29, 1.82) is 0 Å². The van der Waals surface area contributed by atoms with Crippen LogP contribution in [0.3, 0.4) is 0 Å². The van der Waals surface area contributed by atoms with Crippen molar-refractivity contribution in [2.45, 2.75) is 106 Å². The van der Waals surface area contributed by atoms with E-state index in [0.29, 0.717) is 13.2 Å². The molecule has 0 rings (SSSR count). The summed E-state index contributed by atoms with van der Waals surface area (Å²) >= 11 is 0. The van der Waals surface area contributed by atoms with Gasteiger partial charge in [0.2, 0.25) is 0 Å². The van der Waals surface area contributed by atoms with Gasteiger partial charge in [0, 0.05) is 0 Å². The van der Waals surface area contributed by atoms with E-state index >= 15 is 0 Å². The van der Waals surface area contributed by atoms with Crippen molar-refractivity contribution in [3.05, 3.63) is 0 Å². The fourth-order valence-electron chi connectivity index (χ4n) is 3.17. The molecule has 0 aromatic rings. The lowest BCUT2D eigenvalue weighted by atomic mass is 9.99. The molecular weight excluding hydrogens is 384 g/mol. The van der Waals surface area contributed by atoms with E-state index in [1.54, 1.807) is 0 Å². The van der Waals surface area contributed by atoms with Crippen molar-refractivity contribution in [3.63, 3.8) is 0 Å². The van der Waals surface area contributed by atoms with Gasteiger partial charge in [0.05, 0.1) is 25.0 Å². The SMILES string of the molecule is CCCCC(CC)C(=O)OOCC(C)CCC(C)COOC(=O)C(CC)CCCC. The maximum absolute atomic E-state index is 12.0. The van der Waals surface area contributed by atoms with Crippen LogP contribution in [-0.2, 0) is 29.1 Å². The van der Waals surface area contributed by atoms with Crippen molar-refractivity contribution in [2.24, 2.45) is 23.7 Å². The van der Waals surface area contributed by atoms with E-state index in [1.807, 2.05) is 13.8 Å². The standard InChI is InChI=1S/C24H46O6/c1-7-11-13-21(9-3)23(25)29-27-17-19(5)15-16-20(6)18-28-30-24(26)22(10-4)14-12-8-2/h19-22H,7-18H2,1-6H3. The highest BCUT2D eigenvalue weighted by atomic mass is 17.2. The van der Waals surface area contributed by atoms with Gasteiger partial charge in [-0.2, -0.15) is 9.78 Å². The third-order valence-corrected chi connectivity index (χ3v) is 5.60. The summed E-state index contributed by atoms with van der Waals surface area (Å²) in [6.07, 6.45) is 9.27. The molecule has 4 unspecified atom stereocenters. The number of carbonyl (C=O) groups is 2. The zero-order valence-electron chi connectivity index (χ0n) is 20.2. The molecule has 0 aliphatic heterocycles. The summed E-state index contributed by atoms with van der Waals surface area (Å²) in [5, 5.41) is 0. The molecule has 0 aromatic carbocycles. The molecule has 0 fully saturated rings. The molecule has 4 atom stereocenters. The van der Waals surface area contributed by atoms with Crippen LogP contribution >= 0.6 is 0 Å². The highest BCUT2D eigenvalue weighted by Gasteiger charge is 2.20. The van der Waals surface area contributed by atoms with Crippen molar-refractivity contribution >= 4 is 11.9 Å². The maximum atomic E-state index is 12.0. The largest absolute Gasteiger partial charge is 0.345 e. The second-order valence-corrected chi connectivity index (χ2v) is 8.66. The Morgan fingerprint density at radius 2 is 1.00 bits per heavy atom. The lowest BCUT2D eigenvalue weighted by molar-refractivity contribution is -0.283. The van der Waals surface area contributed by atoms with Gasteiger partial charge in [0.15, 0.2) is 0 Å². The topological polar surface area (TPSA) is 71.1 Å². The van der Waals surface area contributed by atoms with Crippen molar-refractivity contribution < 1.29 is 29.1 Å². The van der Waals surface area contributed by atoms with Crippen LogP contribution in [0.1, 0.15) is 106 Å². The normalized spacial score (nSPS) is 15.3. The predicted molar refractivity (Wildman–Crippen MR) is 118 cm³/mol. The van der Waals surface area contributed by atoms with E-state index in [1.165, 1.54) is 0 Å². The fourth-order valence-corrected chi connectivity index (χ4v) is 3.17. The lowest BCUT2D eigenvalue weighted by Crippen LogP contribution is -2.20. The number of hydrogen-bond donors (Lipinski definition) is 0. The minimum absolute atomic E-state index is 0.0746. The Hall–Kier alpha value is -1.14. The predicted octanol–water partition coefficient (Wildman–Crippen LogP) is 6.42. The average molecular weight is 431 g/mol. The number of carbonyl (C=O) groups excluding carboxylic acids is 2. The quantitative estimate of drug-likeness (QED) is 0.174. The molecule has 0 aromatic heterocycles. The molecule has 6 nitrogen and oxygen atoms in total. The van der Waals surface area contributed by atoms with Crippen LogP contribution in [0.4, 0.5) is 0 Å². The Balaban J connectivity index is 3.93. The van der Waals surface area contributed by atoms with Gasteiger partial charge in [-0.15, -0.1) is 0 Å². The first-order chi connectivity index (χ1) is 14.4. The summed E-state index contributed by atoms with van der Waals surface area (Å²) < 4.78 is 0. The summed E-state index contributed by atoms with van der Waals surface area (Å²) in [6.45, 7) is 13.1. The van der Waals surface area contributed by atoms with Gasteiger partial charge < -0.3 is 0 Å². The Labute approximate surface area is 184 Å². The average Bonchev–Trinajstić information content (AvgIpc) is 2.73. The van der Waals surface area contributed by atoms with Gasteiger partial charge in [0.25, 0.3) is 0 Å². The molecule has 0 aliphatic carbocycles. The second kappa shape index (κ2) is 18.6. The van der Waals surface area contributed by atoms with Crippen molar-refractivity contribution in [1.82, 2.24) is 0 Å². The van der Waals surface area contributed by atoms with E-state index in [9.17, 15) is 9.59 Å². The summed E-state index contributed by atoms with van der Waals surface area (Å²) in [7, 11) is 0. The van der Waals surface area contributed by atoms with Crippen LogP contribution in [-0.4, -0.2) is 25.2 Å². The van der Waals surface area contributed by atoms with Crippen LogP contribution in [0.5, 0.6) is 0 Å². The fraction of sp³-hybridized carbons (Fsp3) is 0.917. The molecule has 0 radical (unpaired) electrons. The molecule has 178 valence electrons. The first kappa shape index (κ1) is 28.9. The summed E-state index contributed by atoms with van der Waals surface area (Å²) in [4.78, 5) is 44.4. The molecule has 0 heterocycles. The van der Waals surface area contributed by atoms with Gasteiger partial charge in [-0.25, -0.2) is 9.59 Å². The molecule has 30 heavy (non-hydrogen) atoms. The Morgan fingerprint density at radius 3 is 1.30 bits per heavy atom. The number of hydrogen-bond acceptors (Lipinski definition) is 6. The van der Waals surface area contributed by atoms with E-state index in [-0.39, 0.29) is 35.6 Å². The van der Waals surface area contributed by atoms with Crippen LogP contribution in [0.15, 0.2) is 0 Å². The van der Waals surface area contributed by atoms with Gasteiger partial charge in [-0.05, 0) is 50.4 Å². The van der Waals surface area contributed by atoms with Crippen LogP contribution in [0.25, 0.3) is 0 Å². The van der Waals surface area contributed by atoms with Gasteiger partial charge >= 0.3 is 11.9 Å². The second-order valence-electron chi connectivity index (χ2n) is 8.66. The Morgan fingerprint density at radius 1 is 0.633 bits per heavy atom. The van der Waals surface area contributed by atoms with Gasteiger partial charge in [0.1, 0.15) is 0 Å². The molecule has 0 N–H and O–H groups in total. The lowest BCUT2D eigenvalue weighted by Gasteiger charge is -2.17. The summed E-state index contributed by atoms with van der Waals surface area (Å²) in [6, 6.07) is 0. The highest BCUT2D eigenvalue weighted by Crippen LogP contribution is 2.18. The van der Waals surface area contributed by atoms with Crippen molar-refractivity contribution in [3.8, 4) is 0 Å². The third kappa shape index (κ3) is 14.0. The number of rotatable bonds is 19. The molecule has 0 spiro atoms. The van der Waals surface area contributed by atoms with Crippen LogP contribution in [0, 0.1) is 23.7 Å². The monoisotopic (exact) mass is 430 g/mol. The minimum Gasteiger partial charge on any atom is -0.298 e. The molecule has 0 saturated heterocycles. The van der Waals surface area contributed by atoms with Crippen LogP contribution in [0.2, 0.25) is 0 Å². The zero-order valence-corrected chi connectivity index (χ0v) is 20.2. The van der Waals surface area contributed by atoms with Crippen LogP contribution < -0.4 is 0 Å². The van der Waals surface area contributed by atoms with Gasteiger partial charge in [-0.3, -0.25) is 9.78 Å². The molecule has 0 amide bonds. The minimum atomic E-state index is -0.258. The van der Waals surface area contributed by atoms with E-state index in [2.05, 4.69) is 27.7 Å². The summed E-state index contributed by atoms with van der Waals surface area (Å²) in [5.74, 6) is -0.144. The smallest absolute Gasteiger partial charge is 0.298 e. The molecular formula is C24H46O6. The molecule has 0 saturated carbocycles. The number of unbranched alkanes of at least 4 members (excludes halogenated alkanes) is 2. The third-order valence-electron chi connectivity index (χ3n) is 5.60. The molecule has 6 heteroatoms.